The van der Waals surface area contributed by atoms with Gasteiger partial charge in [-0.3, -0.25) is 4.79 Å². The molecule has 0 aliphatic rings. The van der Waals surface area contributed by atoms with E-state index in [0.29, 0.717) is 12.3 Å². The van der Waals surface area contributed by atoms with Gasteiger partial charge < -0.3 is 5.32 Å². The summed E-state index contributed by atoms with van der Waals surface area (Å²) in [5.74, 6) is 1.16. The normalized spacial score (nSPS) is 10.9. The number of hydrogen-bond donors (Lipinski definition) is 1. The Hall–Kier alpha value is -1.92. The van der Waals surface area contributed by atoms with E-state index in [0.717, 1.165) is 27.5 Å². The second-order valence-corrected chi connectivity index (χ2v) is 7.40. The first-order valence-corrected chi connectivity index (χ1v) is 9.70. The van der Waals surface area contributed by atoms with Gasteiger partial charge in [-0.25, -0.2) is 9.97 Å². The number of benzene rings is 1. The monoisotopic (exact) mass is 357 g/mol. The van der Waals surface area contributed by atoms with Crippen molar-refractivity contribution in [1.29, 1.82) is 0 Å². The molecule has 1 aromatic carbocycles. The molecular formula is C18H19N3OS2. The van der Waals surface area contributed by atoms with Crippen LogP contribution in [-0.4, -0.2) is 28.2 Å². The van der Waals surface area contributed by atoms with Crippen molar-refractivity contribution >= 4 is 39.2 Å². The molecule has 0 unspecified atom stereocenters. The molecule has 124 valence electrons. The lowest BCUT2D eigenvalue weighted by atomic mass is 10.2. The summed E-state index contributed by atoms with van der Waals surface area (Å²) in [5, 5.41) is 4.80. The summed E-state index contributed by atoms with van der Waals surface area (Å²) in [5.41, 5.74) is 1.18. The van der Waals surface area contributed by atoms with Crippen LogP contribution in [0.5, 0.6) is 0 Å². The van der Waals surface area contributed by atoms with Crippen LogP contribution in [0.2, 0.25) is 0 Å². The molecule has 0 saturated carbocycles. The number of carbonyl (C=O) groups excluding carboxylic acids is 1. The lowest BCUT2D eigenvalue weighted by Crippen LogP contribution is -2.25. The van der Waals surface area contributed by atoms with Crippen molar-refractivity contribution in [1.82, 2.24) is 15.3 Å². The maximum atomic E-state index is 11.9. The first-order chi connectivity index (χ1) is 11.7. The van der Waals surface area contributed by atoms with Crippen LogP contribution in [0.15, 0.2) is 41.4 Å². The lowest BCUT2D eigenvalue weighted by Gasteiger charge is -2.04. The molecule has 0 spiro atoms. The smallest absolute Gasteiger partial charge is 0.230 e. The third kappa shape index (κ3) is 3.94. The minimum Gasteiger partial charge on any atom is -0.355 e. The zero-order valence-corrected chi connectivity index (χ0v) is 15.3. The van der Waals surface area contributed by atoms with Gasteiger partial charge in [-0.15, -0.1) is 11.3 Å². The number of nitrogens with one attached hydrogen (secondary N) is 1. The van der Waals surface area contributed by atoms with E-state index >= 15 is 0 Å². The Morgan fingerprint density at radius 2 is 2.04 bits per heavy atom. The van der Waals surface area contributed by atoms with Crippen molar-refractivity contribution in [3.05, 3.63) is 42.2 Å². The highest BCUT2D eigenvalue weighted by Crippen LogP contribution is 2.36. The van der Waals surface area contributed by atoms with Crippen molar-refractivity contribution in [2.75, 3.05) is 12.3 Å². The SMILES string of the molecule is CCCNC(=O)CSc1nc(C)nc2sc(-c3ccccc3)cc12. The number of hydrogen-bond acceptors (Lipinski definition) is 5. The molecule has 3 rings (SSSR count). The topological polar surface area (TPSA) is 54.9 Å². The van der Waals surface area contributed by atoms with Crippen molar-refractivity contribution in [3.63, 3.8) is 0 Å². The zero-order chi connectivity index (χ0) is 16.9. The molecule has 0 atom stereocenters. The molecule has 0 saturated heterocycles. The number of nitrogens with zero attached hydrogens (tertiary/aromatic N) is 2. The van der Waals surface area contributed by atoms with Crippen LogP contribution in [-0.2, 0) is 4.79 Å². The second-order valence-electron chi connectivity index (χ2n) is 5.41. The van der Waals surface area contributed by atoms with E-state index in [4.69, 9.17) is 0 Å². The molecule has 1 amide bonds. The van der Waals surface area contributed by atoms with Crippen LogP contribution in [0.3, 0.4) is 0 Å². The Morgan fingerprint density at radius 3 is 2.79 bits per heavy atom. The summed E-state index contributed by atoms with van der Waals surface area (Å²) >= 11 is 3.14. The molecule has 0 aliphatic carbocycles. The van der Waals surface area contributed by atoms with Gasteiger partial charge in [0, 0.05) is 16.8 Å². The van der Waals surface area contributed by atoms with E-state index < -0.39 is 0 Å². The van der Waals surface area contributed by atoms with Crippen LogP contribution in [0.1, 0.15) is 19.2 Å². The maximum absolute atomic E-state index is 11.9. The minimum atomic E-state index is 0.0461. The summed E-state index contributed by atoms with van der Waals surface area (Å²) in [6.45, 7) is 4.65. The first-order valence-electron chi connectivity index (χ1n) is 7.90. The molecule has 2 heterocycles. The van der Waals surface area contributed by atoms with Crippen molar-refractivity contribution < 1.29 is 4.79 Å². The minimum absolute atomic E-state index is 0.0461. The van der Waals surface area contributed by atoms with Crippen LogP contribution in [0, 0.1) is 6.92 Å². The summed E-state index contributed by atoms with van der Waals surface area (Å²) < 4.78 is 0. The fourth-order valence-electron chi connectivity index (χ4n) is 2.30. The molecule has 1 N–H and O–H groups in total. The van der Waals surface area contributed by atoms with E-state index in [1.807, 2.05) is 32.0 Å². The number of rotatable bonds is 6. The van der Waals surface area contributed by atoms with Crippen LogP contribution < -0.4 is 5.32 Å². The fraction of sp³-hybridized carbons (Fsp3) is 0.278. The average molecular weight is 358 g/mol. The molecule has 0 radical (unpaired) electrons. The number of fused-ring (bicyclic) bond motifs is 1. The van der Waals surface area contributed by atoms with E-state index in [1.165, 1.54) is 22.2 Å². The number of thiophene rings is 1. The highest BCUT2D eigenvalue weighted by atomic mass is 32.2. The number of aryl methyl sites for hydroxylation is 1. The molecule has 6 heteroatoms. The fourth-order valence-corrected chi connectivity index (χ4v) is 4.33. The van der Waals surface area contributed by atoms with E-state index in [2.05, 4.69) is 33.5 Å². The van der Waals surface area contributed by atoms with Crippen molar-refractivity contribution in [2.45, 2.75) is 25.3 Å². The third-order valence-corrected chi connectivity index (χ3v) is 5.51. The Kier molecular flexibility index (Phi) is 5.48. The Morgan fingerprint density at radius 1 is 1.25 bits per heavy atom. The van der Waals surface area contributed by atoms with Gasteiger partial charge >= 0.3 is 0 Å². The van der Waals surface area contributed by atoms with E-state index in [1.54, 1.807) is 11.3 Å². The van der Waals surface area contributed by atoms with E-state index in [-0.39, 0.29) is 5.91 Å². The number of aromatic nitrogens is 2. The highest BCUT2D eigenvalue weighted by Gasteiger charge is 2.13. The Bertz CT molecular complexity index is 846. The van der Waals surface area contributed by atoms with Gasteiger partial charge in [0.1, 0.15) is 15.7 Å². The Labute approximate surface area is 149 Å². The lowest BCUT2D eigenvalue weighted by molar-refractivity contribution is -0.118. The van der Waals surface area contributed by atoms with Gasteiger partial charge in [0.15, 0.2) is 0 Å². The standard InChI is InChI=1S/C18H19N3OS2/c1-3-9-19-16(22)11-23-17-14-10-15(13-7-5-4-6-8-13)24-18(14)21-12(2)20-17/h4-8,10H,3,9,11H2,1-2H3,(H,19,22). The van der Waals surface area contributed by atoms with E-state index in [9.17, 15) is 4.79 Å². The van der Waals surface area contributed by atoms with Gasteiger partial charge in [-0.05, 0) is 25.0 Å². The molecule has 4 nitrogen and oxygen atoms in total. The van der Waals surface area contributed by atoms with Crippen LogP contribution in [0.25, 0.3) is 20.7 Å². The van der Waals surface area contributed by atoms with Crippen LogP contribution >= 0.6 is 23.1 Å². The van der Waals surface area contributed by atoms with Crippen molar-refractivity contribution in [2.24, 2.45) is 0 Å². The molecule has 0 fully saturated rings. The predicted octanol–water partition coefficient (Wildman–Crippen LogP) is 4.29. The zero-order valence-electron chi connectivity index (χ0n) is 13.7. The number of thioether (sulfide) groups is 1. The highest BCUT2D eigenvalue weighted by molar-refractivity contribution is 8.00. The summed E-state index contributed by atoms with van der Waals surface area (Å²) in [4.78, 5) is 23.1. The predicted molar refractivity (Wildman–Crippen MR) is 102 cm³/mol. The van der Waals surface area contributed by atoms with Gasteiger partial charge in [0.25, 0.3) is 0 Å². The van der Waals surface area contributed by atoms with Crippen molar-refractivity contribution in [3.8, 4) is 10.4 Å². The molecule has 0 aliphatic heterocycles. The molecular weight excluding hydrogens is 338 g/mol. The van der Waals surface area contributed by atoms with Gasteiger partial charge in [-0.1, -0.05) is 49.0 Å². The molecule has 24 heavy (non-hydrogen) atoms. The summed E-state index contributed by atoms with van der Waals surface area (Å²) in [6, 6.07) is 12.4. The second kappa shape index (κ2) is 7.77. The number of amides is 1. The van der Waals surface area contributed by atoms with Gasteiger partial charge in [0.05, 0.1) is 5.75 Å². The largest absolute Gasteiger partial charge is 0.355 e. The first kappa shape index (κ1) is 16.9. The Balaban J connectivity index is 1.87. The molecule has 2 aromatic heterocycles. The van der Waals surface area contributed by atoms with Gasteiger partial charge in [-0.2, -0.15) is 0 Å². The quantitative estimate of drug-likeness (QED) is 0.528. The number of carbonyl (C=O) groups is 1. The third-order valence-electron chi connectivity index (χ3n) is 3.44. The maximum Gasteiger partial charge on any atom is 0.230 e. The molecule has 3 aromatic rings. The summed E-state index contributed by atoms with van der Waals surface area (Å²) in [7, 11) is 0. The van der Waals surface area contributed by atoms with Gasteiger partial charge in [0.2, 0.25) is 5.91 Å². The molecule has 0 bridgehead atoms. The average Bonchev–Trinajstić information content (AvgIpc) is 3.02. The van der Waals surface area contributed by atoms with Crippen LogP contribution in [0.4, 0.5) is 0 Å². The summed E-state index contributed by atoms with van der Waals surface area (Å²) in [6.07, 6.45) is 0.943.